The van der Waals surface area contributed by atoms with Crippen LogP contribution in [0.1, 0.15) is 33.2 Å². The van der Waals surface area contributed by atoms with Crippen molar-refractivity contribution in [2.75, 3.05) is 22.1 Å². The van der Waals surface area contributed by atoms with Gasteiger partial charge in [0.05, 0.1) is 17.9 Å². The predicted molar refractivity (Wildman–Crippen MR) is 137 cm³/mol. The average molecular weight is 504 g/mol. The molecular formula is C27H22ClN3O5. The van der Waals surface area contributed by atoms with Crippen LogP contribution in [-0.4, -0.2) is 30.3 Å². The SMILES string of the molecule is CCOC(=O)c1cccc(NC(=O)c2ccc(NC3=C(Cl)C(=O)N(c4ccc(C)cc4)C3=O)cc2)c1. The van der Waals surface area contributed by atoms with Crippen molar-refractivity contribution in [2.24, 2.45) is 0 Å². The van der Waals surface area contributed by atoms with Gasteiger partial charge in [-0.2, -0.15) is 0 Å². The molecule has 2 N–H and O–H groups in total. The molecule has 0 atom stereocenters. The van der Waals surface area contributed by atoms with Crippen LogP contribution < -0.4 is 15.5 Å². The molecule has 0 saturated heterocycles. The molecule has 0 unspecified atom stereocenters. The summed E-state index contributed by atoms with van der Waals surface area (Å²) in [5.41, 5.74) is 2.95. The fraction of sp³-hybridized carbons (Fsp3) is 0.111. The zero-order valence-corrected chi connectivity index (χ0v) is 20.3. The van der Waals surface area contributed by atoms with Crippen molar-refractivity contribution in [3.05, 3.63) is 100 Å². The molecule has 4 rings (SSSR count). The van der Waals surface area contributed by atoms with Gasteiger partial charge in [0.25, 0.3) is 17.7 Å². The number of amides is 3. The molecule has 0 fully saturated rings. The lowest BCUT2D eigenvalue weighted by atomic mass is 10.1. The van der Waals surface area contributed by atoms with E-state index in [0.29, 0.717) is 28.2 Å². The molecule has 9 heteroatoms. The number of nitrogens with zero attached hydrogens (tertiary/aromatic N) is 1. The van der Waals surface area contributed by atoms with Gasteiger partial charge in [-0.3, -0.25) is 14.4 Å². The summed E-state index contributed by atoms with van der Waals surface area (Å²) in [4.78, 5) is 51.1. The predicted octanol–water partition coefficient (Wildman–Crippen LogP) is 4.86. The van der Waals surface area contributed by atoms with Crippen molar-refractivity contribution in [2.45, 2.75) is 13.8 Å². The molecule has 3 aromatic rings. The van der Waals surface area contributed by atoms with Crippen LogP contribution >= 0.6 is 11.6 Å². The number of carbonyl (C=O) groups is 4. The molecular weight excluding hydrogens is 482 g/mol. The van der Waals surface area contributed by atoms with Crippen molar-refractivity contribution >= 4 is 52.4 Å². The largest absolute Gasteiger partial charge is 0.462 e. The van der Waals surface area contributed by atoms with E-state index >= 15 is 0 Å². The number of rotatable bonds is 7. The molecule has 0 aromatic heterocycles. The van der Waals surface area contributed by atoms with Crippen molar-refractivity contribution in [3.8, 4) is 0 Å². The van der Waals surface area contributed by atoms with E-state index in [1.807, 2.05) is 6.92 Å². The van der Waals surface area contributed by atoms with Gasteiger partial charge in [-0.05, 0) is 68.4 Å². The first-order chi connectivity index (χ1) is 17.3. The second kappa shape index (κ2) is 10.5. The number of esters is 1. The number of aryl methyl sites for hydroxylation is 1. The second-order valence-electron chi connectivity index (χ2n) is 7.93. The summed E-state index contributed by atoms with van der Waals surface area (Å²) >= 11 is 6.18. The second-order valence-corrected chi connectivity index (χ2v) is 8.31. The number of anilines is 3. The summed E-state index contributed by atoms with van der Waals surface area (Å²) in [7, 11) is 0. The van der Waals surface area contributed by atoms with Crippen LogP contribution in [0.3, 0.4) is 0 Å². The van der Waals surface area contributed by atoms with Crippen molar-refractivity contribution < 1.29 is 23.9 Å². The minimum atomic E-state index is -0.617. The fourth-order valence-electron chi connectivity index (χ4n) is 3.53. The molecule has 1 heterocycles. The van der Waals surface area contributed by atoms with Gasteiger partial charge >= 0.3 is 5.97 Å². The lowest BCUT2D eigenvalue weighted by molar-refractivity contribution is -0.120. The number of imide groups is 1. The summed E-state index contributed by atoms with van der Waals surface area (Å²) in [6.45, 7) is 3.87. The summed E-state index contributed by atoms with van der Waals surface area (Å²) in [6.07, 6.45) is 0. The third kappa shape index (κ3) is 5.13. The number of nitrogens with one attached hydrogen (secondary N) is 2. The molecule has 1 aliphatic heterocycles. The Hall–Kier alpha value is -4.43. The monoisotopic (exact) mass is 503 g/mol. The number of benzene rings is 3. The average Bonchev–Trinajstić information content (AvgIpc) is 3.08. The van der Waals surface area contributed by atoms with Gasteiger partial charge in [-0.25, -0.2) is 9.69 Å². The van der Waals surface area contributed by atoms with E-state index in [2.05, 4.69) is 10.6 Å². The number of halogens is 1. The maximum absolute atomic E-state index is 12.9. The summed E-state index contributed by atoms with van der Waals surface area (Å²) < 4.78 is 4.98. The van der Waals surface area contributed by atoms with Crippen molar-refractivity contribution in [1.82, 2.24) is 0 Å². The normalized spacial score (nSPS) is 13.1. The van der Waals surface area contributed by atoms with Gasteiger partial charge in [0.2, 0.25) is 0 Å². The Labute approximate surface area is 212 Å². The smallest absolute Gasteiger partial charge is 0.338 e. The van der Waals surface area contributed by atoms with Gasteiger partial charge in [-0.1, -0.05) is 35.4 Å². The minimum absolute atomic E-state index is 0.0461. The maximum Gasteiger partial charge on any atom is 0.338 e. The van der Waals surface area contributed by atoms with Crippen LogP contribution in [0.5, 0.6) is 0 Å². The topological polar surface area (TPSA) is 105 Å². The van der Waals surface area contributed by atoms with Crippen LogP contribution in [0.25, 0.3) is 0 Å². The Kier molecular flexibility index (Phi) is 7.17. The molecule has 0 aliphatic carbocycles. The first-order valence-corrected chi connectivity index (χ1v) is 11.5. The van der Waals surface area contributed by atoms with Crippen LogP contribution in [-0.2, 0) is 14.3 Å². The Morgan fingerprint density at radius 1 is 0.889 bits per heavy atom. The summed E-state index contributed by atoms with van der Waals surface area (Å²) in [5, 5.41) is 5.40. The van der Waals surface area contributed by atoms with Crippen molar-refractivity contribution in [1.29, 1.82) is 0 Å². The molecule has 3 amide bonds. The highest BCUT2D eigenvalue weighted by Gasteiger charge is 2.38. The molecule has 0 saturated carbocycles. The number of carbonyl (C=O) groups excluding carboxylic acids is 4. The maximum atomic E-state index is 12.9. The lowest BCUT2D eigenvalue weighted by Gasteiger charge is -2.15. The van der Waals surface area contributed by atoms with E-state index < -0.39 is 23.7 Å². The van der Waals surface area contributed by atoms with Crippen LogP contribution in [0.2, 0.25) is 0 Å². The highest BCUT2D eigenvalue weighted by atomic mass is 35.5. The van der Waals surface area contributed by atoms with E-state index in [9.17, 15) is 19.2 Å². The standard InChI is InChI=1S/C27H22ClN3O5/c1-3-36-27(35)18-5-4-6-20(15-18)30-24(32)17-9-11-19(12-10-17)29-23-22(28)25(33)31(26(23)34)21-13-7-16(2)8-14-21/h4-15,29H,3H2,1-2H3,(H,30,32). The van der Waals surface area contributed by atoms with Crippen molar-refractivity contribution in [3.63, 3.8) is 0 Å². The van der Waals surface area contributed by atoms with Gasteiger partial charge in [-0.15, -0.1) is 0 Å². The lowest BCUT2D eigenvalue weighted by Crippen LogP contribution is -2.32. The number of hydrogen-bond acceptors (Lipinski definition) is 6. The van der Waals surface area contributed by atoms with Crippen LogP contribution in [0, 0.1) is 6.92 Å². The van der Waals surface area contributed by atoms with E-state index in [0.717, 1.165) is 10.5 Å². The molecule has 8 nitrogen and oxygen atoms in total. The van der Waals surface area contributed by atoms with E-state index in [1.165, 1.54) is 6.07 Å². The van der Waals surface area contributed by atoms with Gasteiger partial charge in [0, 0.05) is 16.9 Å². The fourth-order valence-corrected chi connectivity index (χ4v) is 3.74. The third-order valence-corrected chi connectivity index (χ3v) is 5.72. The van der Waals surface area contributed by atoms with E-state index in [1.54, 1.807) is 73.7 Å². The zero-order valence-electron chi connectivity index (χ0n) is 19.5. The highest BCUT2D eigenvalue weighted by molar-refractivity contribution is 6.53. The molecule has 182 valence electrons. The minimum Gasteiger partial charge on any atom is -0.462 e. The Morgan fingerprint density at radius 3 is 2.25 bits per heavy atom. The first kappa shape index (κ1) is 24.7. The molecule has 36 heavy (non-hydrogen) atoms. The number of hydrogen-bond donors (Lipinski definition) is 2. The van der Waals surface area contributed by atoms with Gasteiger partial charge in [0.15, 0.2) is 0 Å². The van der Waals surface area contributed by atoms with E-state index in [-0.39, 0.29) is 17.3 Å². The van der Waals surface area contributed by atoms with Crippen LogP contribution in [0.15, 0.2) is 83.5 Å². The number of ether oxygens (including phenoxy) is 1. The zero-order chi connectivity index (χ0) is 25.8. The molecule has 0 spiro atoms. The Balaban J connectivity index is 1.44. The third-order valence-electron chi connectivity index (χ3n) is 5.37. The van der Waals surface area contributed by atoms with Gasteiger partial charge < -0.3 is 15.4 Å². The van der Waals surface area contributed by atoms with Gasteiger partial charge in [0.1, 0.15) is 10.7 Å². The Morgan fingerprint density at radius 2 is 1.58 bits per heavy atom. The summed E-state index contributed by atoms with van der Waals surface area (Å²) in [6, 6.07) is 19.7. The highest BCUT2D eigenvalue weighted by Crippen LogP contribution is 2.30. The molecule has 3 aromatic carbocycles. The van der Waals surface area contributed by atoms with Crippen LogP contribution in [0.4, 0.5) is 17.1 Å². The molecule has 1 aliphatic rings. The summed E-state index contributed by atoms with van der Waals surface area (Å²) in [5.74, 6) is -2.05. The quantitative estimate of drug-likeness (QED) is 0.352. The first-order valence-electron chi connectivity index (χ1n) is 11.1. The molecule has 0 radical (unpaired) electrons. The van der Waals surface area contributed by atoms with E-state index in [4.69, 9.17) is 16.3 Å². The Bertz CT molecular complexity index is 1380. The molecule has 0 bridgehead atoms.